The van der Waals surface area contributed by atoms with Crippen LogP contribution in [0.15, 0.2) is 30.3 Å². The summed E-state index contributed by atoms with van der Waals surface area (Å²) in [6, 6.07) is 10.5. The van der Waals surface area contributed by atoms with Gasteiger partial charge in [-0.3, -0.25) is 8.75 Å². The van der Waals surface area contributed by atoms with Crippen LogP contribution in [0.2, 0.25) is 0 Å². The fourth-order valence-electron chi connectivity index (χ4n) is 2.74. The zero-order chi connectivity index (χ0) is 18.5. The molecule has 1 atom stereocenters. The number of benzene rings is 1. The van der Waals surface area contributed by atoms with Gasteiger partial charge >= 0.3 is 162 Å². The van der Waals surface area contributed by atoms with E-state index in [1.54, 1.807) is 0 Å². The van der Waals surface area contributed by atoms with E-state index in [-0.39, 0.29) is 161 Å². The molecule has 0 spiro atoms. The Balaban J connectivity index is -0.00000208. The summed E-state index contributed by atoms with van der Waals surface area (Å²) >= 11 is 0. The zero-order valence-electron chi connectivity index (χ0n) is 14.5. The van der Waals surface area contributed by atoms with Crippen LogP contribution in [0.3, 0.4) is 0 Å². The van der Waals surface area contributed by atoms with Gasteiger partial charge in [-0.15, -0.1) is 0 Å². The van der Waals surface area contributed by atoms with Gasteiger partial charge in [0.25, 0.3) is 11.0 Å². The molecule has 0 bridgehead atoms. The molecule has 0 aromatic heterocycles. The first-order valence-electron chi connectivity index (χ1n) is 8.80. The molecule has 1 rings (SSSR count). The Morgan fingerprint density at radius 1 is 0.821 bits per heavy atom. The second kappa shape index (κ2) is 23.0. The Labute approximate surface area is 298 Å². The van der Waals surface area contributed by atoms with Crippen molar-refractivity contribution in [2.24, 2.45) is 0 Å². The topological polar surface area (TPSA) is 101 Å². The van der Waals surface area contributed by atoms with Crippen LogP contribution < -0.4 is 0 Å². The summed E-state index contributed by atoms with van der Waals surface area (Å²) in [6.07, 6.45) is 9.36. The molecule has 0 saturated carbocycles. The van der Waals surface area contributed by atoms with Crippen LogP contribution in [0.5, 0.6) is 0 Å². The summed E-state index contributed by atoms with van der Waals surface area (Å²) in [6.45, 7) is 0. The second-order valence-electron chi connectivity index (χ2n) is 6.23. The molecule has 0 fully saturated rings. The van der Waals surface area contributed by atoms with E-state index in [4.69, 9.17) is 9.79 Å². The first kappa shape index (κ1) is 36.8. The Morgan fingerprint density at radius 3 is 1.75 bits per heavy atom. The van der Waals surface area contributed by atoms with Crippen molar-refractivity contribution in [3.63, 3.8) is 0 Å². The van der Waals surface area contributed by atoms with Gasteiger partial charge < -0.3 is 9.79 Å². The van der Waals surface area contributed by atoms with Gasteiger partial charge in [-0.05, 0) is 24.8 Å². The Morgan fingerprint density at radius 2 is 1.29 bits per heavy atom. The molecule has 0 aliphatic heterocycles. The van der Waals surface area contributed by atoms with Gasteiger partial charge in [0.1, 0.15) is 0 Å². The van der Waals surface area contributed by atoms with Crippen LogP contribution in [0.4, 0.5) is 0 Å². The van der Waals surface area contributed by atoms with Crippen molar-refractivity contribution in [2.45, 2.75) is 70.1 Å². The van der Waals surface area contributed by atoms with Crippen molar-refractivity contribution in [3.05, 3.63) is 35.9 Å². The molecule has 1 aromatic rings. The molecule has 0 heterocycles. The molecule has 1 aromatic carbocycles. The van der Waals surface area contributed by atoms with Crippen LogP contribution in [0, 0.1) is 0 Å². The quantitative estimate of drug-likeness (QED) is 0.152. The minimum atomic E-state index is -4.54. The van der Waals surface area contributed by atoms with Crippen LogP contribution in [0.1, 0.15) is 63.4 Å². The number of hydrogen-bond acceptors (Lipinski definition) is 4. The summed E-state index contributed by atoms with van der Waals surface area (Å²) in [5.74, 6) is -1.54. The number of unbranched alkanes of at least 4 members (excludes halogenated alkanes) is 7. The third-order valence-corrected chi connectivity index (χ3v) is 5.80. The van der Waals surface area contributed by atoms with Gasteiger partial charge in [0.05, 0.1) is 0 Å². The molecule has 150 valence electrons. The average Bonchev–Trinajstić information content (AvgIpc) is 2.55. The van der Waals surface area contributed by atoms with Crippen molar-refractivity contribution in [1.29, 1.82) is 0 Å². The maximum atomic E-state index is 11.1. The molecular formula is C17H32K3O6PS. The summed E-state index contributed by atoms with van der Waals surface area (Å²) in [5, 5.41) is 0. The molecule has 11 heteroatoms. The van der Waals surface area contributed by atoms with Gasteiger partial charge in [0.2, 0.25) is 0 Å². The monoisotopic (exact) mass is 512 g/mol. The van der Waals surface area contributed by atoms with Crippen LogP contribution in [-0.4, -0.2) is 178 Å². The van der Waals surface area contributed by atoms with Gasteiger partial charge in [-0.25, -0.2) is 8.42 Å². The molecule has 0 aliphatic rings. The normalized spacial score (nSPS) is 11.8. The molecule has 6 nitrogen and oxygen atoms in total. The van der Waals surface area contributed by atoms with Gasteiger partial charge in [0.15, 0.2) is 5.85 Å². The van der Waals surface area contributed by atoms with Crippen LogP contribution >= 0.6 is 7.60 Å². The fraction of sp³-hybridized carbons (Fsp3) is 0.647. The zero-order valence-corrected chi connectivity index (χ0v) is 16.2. The Kier molecular flexibility index (Phi) is 30.1. The molecule has 0 radical (unpaired) electrons. The van der Waals surface area contributed by atoms with Crippen LogP contribution in [-0.2, 0) is 26.2 Å². The van der Waals surface area contributed by atoms with Crippen molar-refractivity contribution < 1.29 is 27.0 Å². The van der Waals surface area contributed by atoms with Crippen molar-refractivity contribution in [1.82, 2.24) is 0 Å². The molecule has 0 amide bonds. The molecule has 2 N–H and O–H groups in total. The molecule has 0 aliphatic carbocycles. The van der Waals surface area contributed by atoms with E-state index < -0.39 is 24.4 Å². The van der Waals surface area contributed by atoms with E-state index in [1.807, 2.05) is 6.07 Å². The number of aryl methyl sites for hydroxylation is 1. The van der Waals surface area contributed by atoms with Crippen molar-refractivity contribution in [3.8, 4) is 0 Å². The van der Waals surface area contributed by atoms with Gasteiger partial charge in [-0.2, -0.15) is 0 Å². The van der Waals surface area contributed by atoms with E-state index in [1.165, 1.54) is 24.8 Å². The number of hydrogen-bond donors (Lipinski definition) is 3. The summed E-state index contributed by atoms with van der Waals surface area (Å²) < 4.78 is 36.4. The fourth-order valence-corrected chi connectivity index (χ4v) is 4.28. The van der Waals surface area contributed by atoms with Gasteiger partial charge in [-0.1, -0.05) is 75.3 Å². The predicted molar refractivity (Wildman–Crippen MR) is 120 cm³/mol. The first-order chi connectivity index (χ1) is 11.9. The van der Waals surface area contributed by atoms with Gasteiger partial charge in [0, 0.05) is 0 Å². The molecule has 0 saturated heterocycles. The summed E-state index contributed by atoms with van der Waals surface area (Å²) in [4.78, 5) is 18.1. The Hall–Kier alpha value is 4.19. The molecular weight excluding hydrogens is 481 g/mol. The van der Waals surface area contributed by atoms with Crippen molar-refractivity contribution in [2.75, 3.05) is 0 Å². The average molecular weight is 513 g/mol. The van der Waals surface area contributed by atoms with E-state index in [0.29, 0.717) is 6.42 Å². The van der Waals surface area contributed by atoms with E-state index >= 15 is 0 Å². The number of rotatable bonds is 14. The third-order valence-electron chi connectivity index (χ3n) is 4.09. The maximum absolute atomic E-state index is 11.1. The molecule has 1 unspecified atom stereocenters. The SMILES string of the molecule is O=[SH](=O)OC(CCCCCCCCCCc1ccccc1)P(=O)(O)O.[KH].[KH].[KH]. The van der Waals surface area contributed by atoms with E-state index in [9.17, 15) is 13.0 Å². The summed E-state index contributed by atoms with van der Waals surface area (Å²) in [5.41, 5.74) is 1.38. The van der Waals surface area contributed by atoms with E-state index in [0.717, 1.165) is 32.1 Å². The standard InChI is InChI=1S/C17H29O6PS.3K.3H/c18-24(19,20)17(23-25(21)22)15-11-6-4-2-1-3-5-8-12-16-13-9-7-10-14-16;;;;;;/h7,9-10,13-14,17,25H,1-6,8,11-12,15H2,(H2,18,19,20);;;;;;. The van der Waals surface area contributed by atoms with Crippen molar-refractivity contribution >= 4 is 173 Å². The Bertz CT molecular complexity index is 590. The summed E-state index contributed by atoms with van der Waals surface area (Å²) in [7, 11) is -7.78. The third kappa shape index (κ3) is 20.8. The molecule has 28 heavy (non-hydrogen) atoms. The predicted octanol–water partition coefficient (Wildman–Crippen LogP) is 1.84. The van der Waals surface area contributed by atoms with Crippen LogP contribution in [0.25, 0.3) is 0 Å². The van der Waals surface area contributed by atoms with E-state index in [2.05, 4.69) is 28.4 Å². The number of thiol groups is 1. The first-order valence-corrected chi connectivity index (χ1v) is 11.6. The second-order valence-corrected chi connectivity index (χ2v) is 8.64. The minimum absolute atomic E-state index is 0.